The molecule has 0 saturated carbocycles. The largest absolute Gasteiger partial charge is 0.502 e. The van der Waals surface area contributed by atoms with Crippen molar-refractivity contribution in [3.8, 4) is 0 Å². The Hall–Kier alpha value is -0.323. The fraction of sp³-hybridized carbons (Fsp3) is 0.875. The van der Waals surface area contributed by atoms with Crippen molar-refractivity contribution in [2.45, 2.75) is 70.9 Å². The Morgan fingerprint density at radius 3 is 1.80 bits per heavy atom. The zero-order valence-electron chi connectivity index (χ0n) is 14.0. The van der Waals surface area contributed by atoms with Crippen molar-refractivity contribution in [2.75, 3.05) is 20.8 Å². The fourth-order valence-corrected chi connectivity index (χ4v) is 3.61. The molecule has 0 bridgehead atoms. The van der Waals surface area contributed by atoms with E-state index in [1.807, 2.05) is 13.0 Å². The van der Waals surface area contributed by atoms with Crippen LogP contribution in [0.1, 0.15) is 58.3 Å². The van der Waals surface area contributed by atoms with Crippen LogP contribution >= 0.6 is 0 Å². The van der Waals surface area contributed by atoms with E-state index in [4.69, 9.17) is 13.6 Å². The lowest BCUT2D eigenvalue weighted by Crippen LogP contribution is -2.35. The fourth-order valence-electron chi connectivity index (χ4n) is 2.14. The first-order chi connectivity index (χ1) is 9.68. The first-order valence-corrected chi connectivity index (χ1v) is 10.5. The Morgan fingerprint density at radius 2 is 1.30 bits per heavy atom. The summed E-state index contributed by atoms with van der Waals surface area (Å²) < 4.78 is 16.3. The molecule has 0 saturated heterocycles. The normalized spacial score (nSPS) is 12.2. The van der Waals surface area contributed by atoms with Crippen LogP contribution in [0.4, 0.5) is 0 Å². The minimum absolute atomic E-state index is 0.863. The Balaban J connectivity index is 3.21. The van der Waals surface area contributed by atoms with Crippen LogP contribution in [-0.4, -0.2) is 29.4 Å². The summed E-state index contributed by atoms with van der Waals surface area (Å²) >= 11 is 0. The van der Waals surface area contributed by atoms with E-state index in [9.17, 15) is 0 Å². The molecule has 0 spiro atoms. The van der Waals surface area contributed by atoms with E-state index in [2.05, 4.69) is 6.55 Å². The summed E-state index contributed by atoms with van der Waals surface area (Å²) in [5.74, 6) is 0. The highest BCUT2D eigenvalue weighted by atomic mass is 28.4. The average Bonchev–Trinajstić information content (AvgIpc) is 2.48. The van der Waals surface area contributed by atoms with E-state index in [-0.39, 0.29) is 0 Å². The minimum Gasteiger partial charge on any atom is -0.502 e. The van der Waals surface area contributed by atoms with Gasteiger partial charge in [-0.25, -0.2) is 0 Å². The second-order valence-electron chi connectivity index (χ2n) is 5.46. The van der Waals surface area contributed by atoms with Gasteiger partial charge in [-0.1, -0.05) is 51.0 Å². The van der Waals surface area contributed by atoms with Crippen LogP contribution in [0.25, 0.3) is 0 Å². The molecule has 0 aromatic rings. The highest BCUT2D eigenvalue weighted by Gasteiger charge is 2.27. The third-order valence-electron chi connectivity index (χ3n) is 3.74. The Kier molecular flexibility index (Phi) is 13.4. The van der Waals surface area contributed by atoms with E-state index in [1.54, 1.807) is 20.5 Å². The van der Waals surface area contributed by atoms with Gasteiger partial charge in [-0.15, -0.1) is 0 Å². The predicted octanol–water partition coefficient (Wildman–Crippen LogP) is 5.02. The molecule has 0 aromatic carbocycles. The molecule has 0 atom stereocenters. The van der Waals surface area contributed by atoms with Crippen molar-refractivity contribution in [1.29, 1.82) is 0 Å². The summed E-state index contributed by atoms with van der Waals surface area (Å²) in [7, 11) is 1.73. The summed E-state index contributed by atoms with van der Waals surface area (Å²) in [5, 5.41) is 0. The SMILES string of the molecule is CC=COCCCCCCCCCC[Si](C)(OC)OC. The summed E-state index contributed by atoms with van der Waals surface area (Å²) in [6.07, 6.45) is 14.1. The Labute approximate surface area is 126 Å². The summed E-state index contributed by atoms with van der Waals surface area (Å²) in [5.41, 5.74) is 0. The van der Waals surface area contributed by atoms with Gasteiger partial charge in [-0.05, 0) is 25.9 Å². The van der Waals surface area contributed by atoms with Crippen LogP contribution in [0.3, 0.4) is 0 Å². The first-order valence-electron chi connectivity index (χ1n) is 8.01. The van der Waals surface area contributed by atoms with Crippen molar-refractivity contribution in [1.82, 2.24) is 0 Å². The van der Waals surface area contributed by atoms with E-state index < -0.39 is 8.56 Å². The molecule has 3 nitrogen and oxygen atoms in total. The number of ether oxygens (including phenoxy) is 1. The standard InChI is InChI=1S/C16H34O3Si/c1-5-14-19-15-12-10-8-6-7-9-11-13-16-20(4,17-2)18-3/h5,14H,6-13,15-16H2,1-4H3. The van der Waals surface area contributed by atoms with Gasteiger partial charge in [0.2, 0.25) is 0 Å². The van der Waals surface area contributed by atoms with Crippen LogP contribution in [-0.2, 0) is 13.6 Å². The maximum atomic E-state index is 5.49. The summed E-state index contributed by atoms with van der Waals surface area (Å²) in [6.45, 7) is 4.98. The quantitative estimate of drug-likeness (QED) is 0.256. The topological polar surface area (TPSA) is 27.7 Å². The molecule has 0 fully saturated rings. The monoisotopic (exact) mass is 302 g/mol. The lowest BCUT2D eigenvalue weighted by Gasteiger charge is -2.22. The lowest BCUT2D eigenvalue weighted by molar-refractivity contribution is 0.240. The molecule has 20 heavy (non-hydrogen) atoms. The minimum atomic E-state index is -1.81. The van der Waals surface area contributed by atoms with Crippen molar-refractivity contribution in [3.63, 3.8) is 0 Å². The van der Waals surface area contributed by atoms with Crippen LogP contribution in [0.15, 0.2) is 12.3 Å². The molecule has 4 heteroatoms. The van der Waals surface area contributed by atoms with E-state index in [0.29, 0.717) is 0 Å². The molecule has 0 rings (SSSR count). The maximum Gasteiger partial charge on any atom is 0.334 e. The number of rotatable bonds is 14. The third-order valence-corrected chi connectivity index (χ3v) is 6.73. The molecule has 0 aliphatic carbocycles. The Morgan fingerprint density at radius 1 is 0.800 bits per heavy atom. The maximum absolute atomic E-state index is 5.49. The first kappa shape index (κ1) is 19.7. The van der Waals surface area contributed by atoms with E-state index in [0.717, 1.165) is 12.7 Å². The average molecular weight is 303 g/mol. The second-order valence-corrected chi connectivity index (χ2v) is 9.04. The highest BCUT2D eigenvalue weighted by molar-refractivity contribution is 6.65. The molecule has 0 aromatic heterocycles. The van der Waals surface area contributed by atoms with Crippen molar-refractivity contribution < 1.29 is 13.6 Å². The molecule has 0 N–H and O–H groups in total. The van der Waals surface area contributed by atoms with E-state index >= 15 is 0 Å². The van der Waals surface area contributed by atoms with Gasteiger partial charge in [0, 0.05) is 14.2 Å². The van der Waals surface area contributed by atoms with Gasteiger partial charge in [-0.2, -0.15) is 0 Å². The number of hydrogen-bond acceptors (Lipinski definition) is 3. The van der Waals surface area contributed by atoms with Crippen LogP contribution in [0.5, 0.6) is 0 Å². The highest BCUT2D eigenvalue weighted by Crippen LogP contribution is 2.17. The third kappa shape index (κ3) is 11.5. The molecule has 0 radical (unpaired) electrons. The van der Waals surface area contributed by atoms with Gasteiger partial charge >= 0.3 is 8.56 Å². The van der Waals surface area contributed by atoms with E-state index in [1.165, 1.54) is 51.4 Å². The van der Waals surface area contributed by atoms with Crippen molar-refractivity contribution in [2.24, 2.45) is 0 Å². The summed E-state index contributed by atoms with van der Waals surface area (Å²) in [6, 6.07) is 1.11. The van der Waals surface area contributed by atoms with Crippen LogP contribution < -0.4 is 0 Å². The molecule has 0 aliphatic rings. The predicted molar refractivity (Wildman–Crippen MR) is 88.1 cm³/mol. The molecule has 120 valence electrons. The zero-order chi connectivity index (χ0) is 15.1. The Bertz CT molecular complexity index is 228. The number of allylic oxidation sites excluding steroid dienone is 1. The molecule has 0 unspecified atom stereocenters. The molecule has 0 amide bonds. The van der Waals surface area contributed by atoms with Gasteiger partial charge in [0.15, 0.2) is 0 Å². The van der Waals surface area contributed by atoms with Gasteiger partial charge in [0.1, 0.15) is 0 Å². The van der Waals surface area contributed by atoms with Gasteiger partial charge in [-0.3, -0.25) is 0 Å². The molecule has 0 aliphatic heterocycles. The molecule has 0 heterocycles. The summed E-state index contributed by atoms with van der Waals surface area (Å²) in [4.78, 5) is 0. The lowest BCUT2D eigenvalue weighted by atomic mass is 10.1. The zero-order valence-corrected chi connectivity index (χ0v) is 15.0. The van der Waals surface area contributed by atoms with Gasteiger partial charge in [0.25, 0.3) is 0 Å². The van der Waals surface area contributed by atoms with Crippen molar-refractivity contribution >= 4 is 8.56 Å². The smallest absolute Gasteiger partial charge is 0.334 e. The van der Waals surface area contributed by atoms with Gasteiger partial charge < -0.3 is 13.6 Å². The number of unbranched alkanes of at least 4 members (excludes halogenated alkanes) is 7. The van der Waals surface area contributed by atoms with Crippen molar-refractivity contribution in [3.05, 3.63) is 12.3 Å². The van der Waals surface area contributed by atoms with Crippen LogP contribution in [0, 0.1) is 0 Å². The van der Waals surface area contributed by atoms with Crippen LogP contribution in [0.2, 0.25) is 12.6 Å². The molecular weight excluding hydrogens is 268 g/mol. The second kappa shape index (κ2) is 13.7. The number of hydrogen-bond donors (Lipinski definition) is 0. The van der Waals surface area contributed by atoms with Gasteiger partial charge in [0.05, 0.1) is 12.9 Å². The molecular formula is C16H34O3Si.